The Morgan fingerprint density at radius 2 is 1.94 bits per heavy atom. The Hall–Kier alpha value is -1.66. The SMILES string of the molecule is CCC(C)(C)C(=O)OC1CC(C)C=C2C=CC(C)C(CCC(O)CC(O)CC(=O)[O-])C21. The Balaban J connectivity index is 2.12. The fourth-order valence-electron chi connectivity index (χ4n) is 4.76. The van der Waals surface area contributed by atoms with Crippen LogP contribution < -0.4 is 5.11 Å². The summed E-state index contributed by atoms with van der Waals surface area (Å²) in [6.45, 7) is 10.1. The maximum Gasteiger partial charge on any atom is 0.311 e. The van der Waals surface area contributed by atoms with Crippen molar-refractivity contribution in [1.29, 1.82) is 0 Å². The highest BCUT2D eigenvalue weighted by Crippen LogP contribution is 2.45. The van der Waals surface area contributed by atoms with Crippen LogP contribution in [0.3, 0.4) is 0 Å². The lowest BCUT2D eigenvalue weighted by atomic mass is 9.65. The Morgan fingerprint density at radius 1 is 1.26 bits per heavy atom. The van der Waals surface area contributed by atoms with Gasteiger partial charge in [-0.1, -0.05) is 39.0 Å². The first kappa shape index (κ1) is 25.6. The second-order valence-electron chi connectivity index (χ2n) is 10.2. The lowest BCUT2D eigenvalue weighted by Crippen LogP contribution is -2.43. The van der Waals surface area contributed by atoms with Gasteiger partial charge in [0, 0.05) is 18.3 Å². The van der Waals surface area contributed by atoms with Crippen molar-refractivity contribution in [3.63, 3.8) is 0 Å². The zero-order valence-corrected chi connectivity index (χ0v) is 19.5. The van der Waals surface area contributed by atoms with Crippen molar-refractivity contribution in [2.24, 2.45) is 29.1 Å². The zero-order valence-electron chi connectivity index (χ0n) is 19.5. The van der Waals surface area contributed by atoms with Gasteiger partial charge in [-0.3, -0.25) is 4.79 Å². The van der Waals surface area contributed by atoms with Crippen LogP contribution in [0.5, 0.6) is 0 Å². The summed E-state index contributed by atoms with van der Waals surface area (Å²) in [5.74, 6) is -0.641. The van der Waals surface area contributed by atoms with Gasteiger partial charge in [-0.2, -0.15) is 0 Å². The molecule has 0 aliphatic heterocycles. The van der Waals surface area contributed by atoms with Gasteiger partial charge in [-0.15, -0.1) is 0 Å². The predicted molar refractivity (Wildman–Crippen MR) is 117 cm³/mol. The van der Waals surface area contributed by atoms with Crippen molar-refractivity contribution in [3.05, 3.63) is 23.8 Å². The van der Waals surface area contributed by atoms with Gasteiger partial charge in [-0.05, 0) is 69.3 Å². The van der Waals surface area contributed by atoms with Crippen molar-refractivity contribution < 1.29 is 29.6 Å². The monoisotopic (exact) mass is 435 g/mol. The first-order valence-electron chi connectivity index (χ1n) is 11.6. The molecule has 0 fully saturated rings. The van der Waals surface area contributed by atoms with Crippen molar-refractivity contribution >= 4 is 11.9 Å². The summed E-state index contributed by atoms with van der Waals surface area (Å²) in [7, 11) is 0. The second kappa shape index (κ2) is 10.8. The number of carboxylic acids is 1. The molecule has 0 saturated heterocycles. The summed E-state index contributed by atoms with van der Waals surface area (Å²) < 4.78 is 6.09. The first-order chi connectivity index (χ1) is 14.4. The molecule has 2 aliphatic carbocycles. The van der Waals surface area contributed by atoms with Crippen LogP contribution in [0.1, 0.15) is 73.1 Å². The van der Waals surface area contributed by atoms with Crippen LogP contribution in [0.15, 0.2) is 23.8 Å². The highest BCUT2D eigenvalue weighted by atomic mass is 16.5. The molecule has 0 aromatic rings. The number of ether oxygens (including phenoxy) is 1. The highest BCUT2D eigenvalue weighted by Gasteiger charge is 2.42. The van der Waals surface area contributed by atoms with Gasteiger partial charge in [0.15, 0.2) is 0 Å². The van der Waals surface area contributed by atoms with E-state index >= 15 is 0 Å². The van der Waals surface area contributed by atoms with Gasteiger partial charge < -0.3 is 24.9 Å². The topological polar surface area (TPSA) is 107 Å². The van der Waals surface area contributed by atoms with Crippen LogP contribution in [0.2, 0.25) is 0 Å². The molecule has 7 atom stereocenters. The third-order valence-corrected chi connectivity index (χ3v) is 7.07. The minimum Gasteiger partial charge on any atom is -0.550 e. The maximum atomic E-state index is 12.8. The molecule has 0 amide bonds. The summed E-state index contributed by atoms with van der Waals surface area (Å²) in [5, 5.41) is 30.8. The minimum absolute atomic E-state index is 0.0123. The van der Waals surface area contributed by atoms with Crippen LogP contribution in [0.25, 0.3) is 0 Å². The van der Waals surface area contributed by atoms with E-state index in [0.717, 1.165) is 6.42 Å². The molecule has 2 rings (SSSR count). The number of aliphatic hydroxyl groups excluding tert-OH is 2. The zero-order chi connectivity index (χ0) is 23.3. The van der Waals surface area contributed by atoms with E-state index in [9.17, 15) is 24.9 Å². The van der Waals surface area contributed by atoms with Gasteiger partial charge in [-0.25, -0.2) is 0 Å². The number of allylic oxidation sites excluding steroid dienone is 3. The molecule has 0 aromatic carbocycles. The predicted octanol–water partition coefficient (Wildman–Crippen LogP) is 2.77. The van der Waals surface area contributed by atoms with E-state index in [1.165, 1.54) is 5.57 Å². The fraction of sp³-hybridized carbons (Fsp3) is 0.760. The summed E-state index contributed by atoms with van der Waals surface area (Å²) in [6.07, 6.45) is 6.66. The molecule has 0 bridgehead atoms. The molecule has 6 heteroatoms. The fourth-order valence-corrected chi connectivity index (χ4v) is 4.76. The lowest BCUT2D eigenvalue weighted by molar-refractivity contribution is -0.307. The van der Waals surface area contributed by atoms with E-state index in [0.29, 0.717) is 25.2 Å². The minimum atomic E-state index is -1.32. The molecule has 2 aliphatic rings. The molecule has 176 valence electrons. The Labute approximate surface area is 186 Å². The molecule has 2 N–H and O–H groups in total. The molecular weight excluding hydrogens is 396 g/mol. The van der Waals surface area contributed by atoms with Crippen LogP contribution in [-0.4, -0.2) is 40.5 Å². The van der Waals surface area contributed by atoms with Gasteiger partial charge in [0.1, 0.15) is 6.10 Å². The van der Waals surface area contributed by atoms with Crippen LogP contribution in [0, 0.1) is 29.1 Å². The Morgan fingerprint density at radius 3 is 2.55 bits per heavy atom. The summed E-state index contributed by atoms with van der Waals surface area (Å²) in [5.41, 5.74) is 0.669. The number of aliphatic hydroxyl groups is 2. The molecule has 31 heavy (non-hydrogen) atoms. The third-order valence-electron chi connectivity index (χ3n) is 7.07. The van der Waals surface area contributed by atoms with Gasteiger partial charge >= 0.3 is 5.97 Å². The van der Waals surface area contributed by atoms with Crippen molar-refractivity contribution in [1.82, 2.24) is 0 Å². The average Bonchev–Trinajstić information content (AvgIpc) is 2.66. The average molecular weight is 436 g/mol. The molecular formula is C25H39O6-. The Kier molecular flexibility index (Phi) is 8.90. The van der Waals surface area contributed by atoms with Gasteiger partial charge in [0.2, 0.25) is 0 Å². The van der Waals surface area contributed by atoms with E-state index in [2.05, 4.69) is 32.1 Å². The van der Waals surface area contributed by atoms with Crippen LogP contribution in [-0.2, 0) is 14.3 Å². The number of carboxylic acid groups (broad SMARTS) is 1. The van der Waals surface area contributed by atoms with Gasteiger partial charge in [0.25, 0.3) is 0 Å². The quantitative estimate of drug-likeness (QED) is 0.511. The highest BCUT2D eigenvalue weighted by molar-refractivity contribution is 5.76. The van der Waals surface area contributed by atoms with E-state index in [1.807, 2.05) is 20.8 Å². The van der Waals surface area contributed by atoms with Gasteiger partial charge in [0.05, 0.1) is 17.6 Å². The number of fused-ring (bicyclic) bond motifs is 1. The molecule has 0 spiro atoms. The standard InChI is InChI=1S/C25H40O6/c1-6-25(4,5)24(30)31-21-12-15(2)11-17-8-7-16(3)20(23(17)21)10-9-18(26)13-19(27)14-22(28)29/h7-8,11,15-16,18-21,23,26-27H,6,9-10,12-14H2,1-5H3,(H,28,29)/p-1. The number of carbonyl (C=O) groups is 2. The lowest BCUT2D eigenvalue weighted by Gasteiger charge is -2.44. The number of aliphatic carboxylic acids is 1. The van der Waals surface area contributed by atoms with Crippen LogP contribution >= 0.6 is 0 Å². The largest absolute Gasteiger partial charge is 0.550 e. The molecule has 0 saturated carbocycles. The molecule has 7 unspecified atom stereocenters. The molecule has 6 nitrogen and oxygen atoms in total. The molecule has 0 radical (unpaired) electrons. The number of hydrogen-bond acceptors (Lipinski definition) is 6. The van der Waals surface area contributed by atoms with E-state index in [4.69, 9.17) is 4.74 Å². The van der Waals surface area contributed by atoms with Crippen molar-refractivity contribution in [3.8, 4) is 0 Å². The summed E-state index contributed by atoms with van der Waals surface area (Å²) in [4.78, 5) is 23.5. The number of carbonyl (C=O) groups excluding carboxylic acids is 2. The number of hydrogen-bond donors (Lipinski definition) is 2. The van der Waals surface area contributed by atoms with E-state index in [-0.39, 0.29) is 36.2 Å². The molecule has 0 aromatic heterocycles. The summed E-state index contributed by atoms with van der Waals surface area (Å²) >= 11 is 0. The number of esters is 1. The second-order valence-corrected chi connectivity index (χ2v) is 10.2. The molecule has 0 heterocycles. The smallest absolute Gasteiger partial charge is 0.311 e. The van der Waals surface area contributed by atoms with E-state index in [1.54, 1.807) is 0 Å². The Bertz CT molecular complexity index is 694. The normalized spacial score (nSPS) is 30.2. The van der Waals surface area contributed by atoms with Crippen molar-refractivity contribution in [2.45, 2.75) is 91.5 Å². The van der Waals surface area contributed by atoms with Crippen molar-refractivity contribution in [2.75, 3.05) is 0 Å². The first-order valence-corrected chi connectivity index (χ1v) is 11.6. The third kappa shape index (κ3) is 6.91. The van der Waals surface area contributed by atoms with Crippen LogP contribution in [0.4, 0.5) is 0 Å². The number of rotatable bonds is 10. The summed E-state index contributed by atoms with van der Waals surface area (Å²) in [6, 6.07) is 0. The maximum absolute atomic E-state index is 12.8. The van der Waals surface area contributed by atoms with E-state index < -0.39 is 30.0 Å².